The van der Waals surface area contributed by atoms with Crippen molar-refractivity contribution in [2.75, 3.05) is 5.32 Å². The van der Waals surface area contributed by atoms with Gasteiger partial charge in [0.05, 0.1) is 28.4 Å². The predicted octanol–water partition coefficient (Wildman–Crippen LogP) is 3.73. The molecule has 0 aliphatic carbocycles. The van der Waals surface area contributed by atoms with E-state index >= 15 is 0 Å². The quantitative estimate of drug-likeness (QED) is 0.582. The topological polar surface area (TPSA) is 64.7 Å². The molecule has 27 heavy (non-hydrogen) atoms. The number of hydrogen-bond acceptors (Lipinski definition) is 3. The Kier molecular flexibility index (Phi) is 3.69. The van der Waals surface area contributed by atoms with Crippen LogP contribution in [0.2, 0.25) is 0 Å². The lowest BCUT2D eigenvalue weighted by Gasteiger charge is -2.06. The van der Waals surface area contributed by atoms with Crippen molar-refractivity contribution in [1.29, 1.82) is 0 Å². The molecular formula is C18H14F3N5O. The number of aryl methyl sites for hydroxylation is 2. The minimum Gasteiger partial charge on any atom is -0.334 e. The van der Waals surface area contributed by atoms with Gasteiger partial charge in [-0.1, -0.05) is 0 Å². The van der Waals surface area contributed by atoms with Gasteiger partial charge in [-0.05, 0) is 36.4 Å². The molecule has 0 radical (unpaired) electrons. The van der Waals surface area contributed by atoms with E-state index in [0.29, 0.717) is 22.3 Å². The molecule has 4 rings (SSSR count). The second-order valence-corrected chi connectivity index (χ2v) is 6.21. The maximum atomic E-state index is 13.0. The highest BCUT2D eigenvalue weighted by atomic mass is 19.4. The molecule has 0 saturated heterocycles. The molecule has 2 aromatic carbocycles. The van der Waals surface area contributed by atoms with E-state index in [9.17, 15) is 18.0 Å². The first-order valence-corrected chi connectivity index (χ1v) is 8.00. The standard InChI is InChI=1S/C18H14F3N5O/c1-25-9-22-12-7-10(3-5-14(12)25)16(27)23-11-4-6-15-13(8-11)24-17(26(15)2)18(19,20)21/h3-9H,1-2H3,(H,23,27). The molecule has 4 aromatic rings. The maximum Gasteiger partial charge on any atom is 0.449 e. The van der Waals surface area contributed by atoms with E-state index < -0.39 is 12.0 Å². The fourth-order valence-electron chi connectivity index (χ4n) is 3.01. The number of carbonyl (C=O) groups excluding carboxylic acids is 1. The van der Waals surface area contributed by atoms with E-state index in [2.05, 4.69) is 15.3 Å². The number of carbonyl (C=O) groups is 1. The van der Waals surface area contributed by atoms with Crippen molar-refractivity contribution in [2.45, 2.75) is 6.18 Å². The molecule has 0 spiro atoms. The van der Waals surface area contributed by atoms with Gasteiger partial charge in [-0.15, -0.1) is 0 Å². The number of benzene rings is 2. The minimum absolute atomic E-state index is 0.155. The first-order chi connectivity index (χ1) is 12.7. The lowest BCUT2D eigenvalue weighted by molar-refractivity contribution is -0.146. The van der Waals surface area contributed by atoms with E-state index in [1.807, 2.05) is 11.6 Å². The number of anilines is 1. The van der Waals surface area contributed by atoms with Gasteiger partial charge in [-0.2, -0.15) is 13.2 Å². The maximum absolute atomic E-state index is 13.0. The van der Waals surface area contributed by atoms with Gasteiger partial charge in [0, 0.05) is 25.3 Å². The lowest BCUT2D eigenvalue weighted by atomic mass is 10.1. The second-order valence-electron chi connectivity index (χ2n) is 6.21. The molecular weight excluding hydrogens is 359 g/mol. The molecule has 6 nitrogen and oxygen atoms in total. The Morgan fingerprint density at radius 1 is 1.04 bits per heavy atom. The fourth-order valence-corrected chi connectivity index (χ4v) is 3.01. The summed E-state index contributed by atoms with van der Waals surface area (Å²) in [5.41, 5.74) is 2.82. The number of nitrogens with one attached hydrogen (secondary N) is 1. The number of alkyl halides is 3. The number of imidazole rings is 2. The van der Waals surface area contributed by atoms with Gasteiger partial charge in [0.25, 0.3) is 5.91 Å². The second kappa shape index (κ2) is 5.83. The highest BCUT2D eigenvalue weighted by Gasteiger charge is 2.36. The monoisotopic (exact) mass is 373 g/mol. The Bertz CT molecular complexity index is 1190. The molecule has 2 aromatic heterocycles. The number of amides is 1. The van der Waals surface area contributed by atoms with E-state index in [1.165, 1.54) is 19.2 Å². The van der Waals surface area contributed by atoms with E-state index in [4.69, 9.17) is 0 Å². The van der Waals surface area contributed by atoms with Crippen LogP contribution in [0, 0.1) is 0 Å². The summed E-state index contributed by atoms with van der Waals surface area (Å²) in [6.45, 7) is 0. The van der Waals surface area contributed by atoms with Gasteiger partial charge in [0.1, 0.15) is 0 Å². The smallest absolute Gasteiger partial charge is 0.334 e. The third-order valence-electron chi connectivity index (χ3n) is 4.38. The molecule has 1 amide bonds. The largest absolute Gasteiger partial charge is 0.449 e. The summed E-state index contributed by atoms with van der Waals surface area (Å²) < 4.78 is 41.8. The first kappa shape index (κ1) is 17.1. The van der Waals surface area contributed by atoms with Crippen LogP contribution in [0.15, 0.2) is 42.7 Å². The van der Waals surface area contributed by atoms with Crippen LogP contribution in [0.25, 0.3) is 22.1 Å². The molecule has 0 saturated carbocycles. The Labute approximate surface area is 151 Å². The molecule has 1 N–H and O–H groups in total. The summed E-state index contributed by atoms with van der Waals surface area (Å²) in [4.78, 5) is 20.3. The van der Waals surface area contributed by atoms with E-state index in [1.54, 1.807) is 30.6 Å². The number of nitrogens with zero attached hydrogens (tertiary/aromatic N) is 4. The highest BCUT2D eigenvalue weighted by Crippen LogP contribution is 2.31. The zero-order valence-corrected chi connectivity index (χ0v) is 14.4. The Morgan fingerprint density at radius 3 is 2.52 bits per heavy atom. The van der Waals surface area contributed by atoms with Crippen LogP contribution in [-0.2, 0) is 20.3 Å². The zero-order valence-electron chi connectivity index (χ0n) is 14.4. The summed E-state index contributed by atoms with van der Waals surface area (Å²) in [5, 5.41) is 2.69. The number of rotatable bonds is 2. The van der Waals surface area contributed by atoms with Crippen LogP contribution in [-0.4, -0.2) is 25.0 Å². The molecule has 138 valence electrons. The van der Waals surface area contributed by atoms with Crippen molar-refractivity contribution < 1.29 is 18.0 Å². The summed E-state index contributed by atoms with van der Waals surface area (Å²) in [6.07, 6.45) is -2.89. The van der Waals surface area contributed by atoms with Crippen LogP contribution in [0.5, 0.6) is 0 Å². The summed E-state index contributed by atoms with van der Waals surface area (Å²) in [5.74, 6) is -1.37. The van der Waals surface area contributed by atoms with Gasteiger partial charge in [0.2, 0.25) is 5.82 Å². The van der Waals surface area contributed by atoms with Crippen LogP contribution in [0.4, 0.5) is 18.9 Å². The van der Waals surface area contributed by atoms with Crippen LogP contribution < -0.4 is 5.32 Å². The highest BCUT2D eigenvalue weighted by molar-refractivity contribution is 6.06. The van der Waals surface area contributed by atoms with Gasteiger partial charge in [-0.25, -0.2) is 9.97 Å². The lowest BCUT2D eigenvalue weighted by Crippen LogP contribution is -2.12. The normalized spacial score (nSPS) is 12.0. The number of fused-ring (bicyclic) bond motifs is 2. The van der Waals surface area contributed by atoms with Crippen molar-refractivity contribution in [1.82, 2.24) is 19.1 Å². The van der Waals surface area contributed by atoms with Crippen LogP contribution >= 0.6 is 0 Å². The molecule has 0 bridgehead atoms. The van der Waals surface area contributed by atoms with Gasteiger partial charge >= 0.3 is 6.18 Å². The van der Waals surface area contributed by atoms with Crippen LogP contribution in [0.1, 0.15) is 16.2 Å². The summed E-state index contributed by atoms with van der Waals surface area (Å²) >= 11 is 0. The number of hydrogen-bond donors (Lipinski definition) is 1. The fraction of sp³-hybridized carbons (Fsp3) is 0.167. The van der Waals surface area contributed by atoms with Crippen molar-refractivity contribution in [3.8, 4) is 0 Å². The average Bonchev–Trinajstić information content (AvgIpc) is 3.15. The Hall–Kier alpha value is -3.36. The Morgan fingerprint density at radius 2 is 1.78 bits per heavy atom. The molecule has 0 aliphatic rings. The molecule has 0 unspecified atom stereocenters. The predicted molar refractivity (Wildman–Crippen MR) is 94.4 cm³/mol. The summed E-state index contributed by atoms with van der Waals surface area (Å²) in [7, 11) is 3.16. The molecule has 9 heteroatoms. The molecule has 0 atom stereocenters. The van der Waals surface area contributed by atoms with Crippen molar-refractivity contribution in [2.24, 2.45) is 14.1 Å². The van der Waals surface area contributed by atoms with Crippen molar-refractivity contribution >= 4 is 33.7 Å². The molecule has 2 heterocycles. The molecule has 0 fully saturated rings. The summed E-state index contributed by atoms with van der Waals surface area (Å²) in [6, 6.07) is 9.57. The number of aromatic nitrogens is 4. The van der Waals surface area contributed by atoms with Crippen LogP contribution in [0.3, 0.4) is 0 Å². The van der Waals surface area contributed by atoms with Gasteiger partial charge in [-0.3, -0.25) is 4.79 Å². The van der Waals surface area contributed by atoms with Gasteiger partial charge < -0.3 is 14.5 Å². The number of halogens is 3. The van der Waals surface area contributed by atoms with Crippen molar-refractivity contribution in [3.63, 3.8) is 0 Å². The first-order valence-electron chi connectivity index (χ1n) is 8.00. The SMILES string of the molecule is Cn1cnc2cc(C(=O)Nc3ccc4c(c3)nc(C(F)(F)F)n4C)ccc21. The van der Waals surface area contributed by atoms with Crippen molar-refractivity contribution in [3.05, 3.63) is 54.1 Å². The zero-order chi connectivity index (χ0) is 19.3. The third-order valence-corrected chi connectivity index (χ3v) is 4.38. The van der Waals surface area contributed by atoms with E-state index in [0.717, 1.165) is 10.1 Å². The Balaban J connectivity index is 1.64. The minimum atomic E-state index is -4.55. The van der Waals surface area contributed by atoms with Gasteiger partial charge in [0.15, 0.2) is 0 Å². The third kappa shape index (κ3) is 2.90. The van der Waals surface area contributed by atoms with E-state index in [-0.39, 0.29) is 11.4 Å². The molecule has 0 aliphatic heterocycles. The average molecular weight is 373 g/mol.